The minimum atomic E-state index is 0.341. The molecule has 0 fully saturated rings. The molecule has 0 aromatic carbocycles. The summed E-state index contributed by atoms with van der Waals surface area (Å²) in [7, 11) is 0. The number of aliphatic hydroxyl groups excluding tert-OH is 1. The highest BCUT2D eigenvalue weighted by molar-refractivity contribution is 4.47. The number of unbranched alkanes of at least 4 members (excludes halogenated alkanes) is 2. The SMILES string of the molecule is CCCC[N+](CCC)(CCO)CCCC. The van der Waals surface area contributed by atoms with E-state index in [9.17, 15) is 5.11 Å². The van der Waals surface area contributed by atoms with Crippen molar-refractivity contribution in [2.24, 2.45) is 0 Å². The Balaban J connectivity index is 4.26. The molecule has 0 aromatic heterocycles. The zero-order valence-corrected chi connectivity index (χ0v) is 11.0. The van der Waals surface area contributed by atoms with Crippen molar-refractivity contribution in [1.29, 1.82) is 0 Å². The summed E-state index contributed by atoms with van der Waals surface area (Å²) < 4.78 is 1.15. The molecular weight excluding hydrogens is 186 g/mol. The monoisotopic (exact) mass is 216 g/mol. The normalized spacial score (nSPS) is 12.0. The first-order chi connectivity index (χ1) is 7.24. The predicted molar refractivity (Wildman–Crippen MR) is 66.9 cm³/mol. The van der Waals surface area contributed by atoms with Gasteiger partial charge in [0, 0.05) is 0 Å². The Bertz CT molecular complexity index is 120. The Morgan fingerprint density at radius 1 is 0.733 bits per heavy atom. The lowest BCUT2D eigenvalue weighted by atomic mass is 10.2. The van der Waals surface area contributed by atoms with Crippen molar-refractivity contribution < 1.29 is 9.59 Å². The second-order valence-electron chi connectivity index (χ2n) is 4.67. The maximum absolute atomic E-state index is 9.21. The summed E-state index contributed by atoms with van der Waals surface area (Å²) in [6.07, 6.45) is 6.35. The molecule has 0 aliphatic carbocycles. The third-order valence-corrected chi connectivity index (χ3v) is 3.24. The molecule has 92 valence electrons. The predicted octanol–water partition coefficient (Wildman–Crippen LogP) is 2.81. The lowest BCUT2D eigenvalue weighted by Gasteiger charge is -2.38. The molecule has 0 aliphatic heterocycles. The fraction of sp³-hybridized carbons (Fsp3) is 1.00. The van der Waals surface area contributed by atoms with Gasteiger partial charge in [0.25, 0.3) is 0 Å². The van der Waals surface area contributed by atoms with Gasteiger partial charge < -0.3 is 9.59 Å². The zero-order chi connectivity index (χ0) is 11.6. The van der Waals surface area contributed by atoms with Crippen LogP contribution < -0.4 is 0 Å². The van der Waals surface area contributed by atoms with Crippen LogP contribution in [-0.4, -0.2) is 42.4 Å². The van der Waals surface area contributed by atoms with E-state index in [0.29, 0.717) is 6.61 Å². The molecule has 0 saturated heterocycles. The number of hydrogen-bond acceptors (Lipinski definition) is 1. The van der Waals surface area contributed by atoms with Crippen LogP contribution in [0.4, 0.5) is 0 Å². The summed E-state index contributed by atoms with van der Waals surface area (Å²) in [6.45, 7) is 11.8. The molecule has 0 amide bonds. The Morgan fingerprint density at radius 3 is 1.60 bits per heavy atom. The highest BCUT2D eigenvalue weighted by atomic mass is 16.3. The molecule has 1 N–H and O–H groups in total. The molecule has 0 spiro atoms. The third-order valence-electron chi connectivity index (χ3n) is 3.24. The van der Waals surface area contributed by atoms with Crippen molar-refractivity contribution in [3.8, 4) is 0 Å². The summed E-state index contributed by atoms with van der Waals surface area (Å²) in [5.74, 6) is 0. The molecule has 0 saturated carbocycles. The van der Waals surface area contributed by atoms with Crippen LogP contribution in [0.25, 0.3) is 0 Å². The fourth-order valence-electron chi connectivity index (χ4n) is 2.34. The Labute approximate surface area is 95.9 Å². The number of nitrogens with zero attached hydrogens (tertiary/aromatic N) is 1. The molecule has 0 radical (unpaired) electrons. The van der Waals surface area contributed by atoms with Crippen molar-refractivity contribution in [2.45, 2.75) is 52.9 Å². The van der Waals surface area contributed by atoms with E-state index in [1.165, 1.54) is 51.7 Å². The van der Waals surface area contributed by atoms with Crippen LogP contribution in [0, 0.1) is 0 Å². The maximum Gasteiger partial charge on any atom is 0.102 e. The van der Waals surface area contributed by atoms with Crippen LogP contribution in [-0.2, 0) is 0 Å². The Morgan fingerprint density at radius 2 is 1.27 bits per heavy atom. The standard InChI is InChI=1S/C13H30NO/c1-4-7-10-14(9-6-3,12-13-15)11-8-5-2/h15H,4-13H2,1-3H3/q+1. The third kappa shape index (κ3) is 6.16. The van der Waals surface area contributed by atoms with Gasteiger partial charge in [-0.15, -0.1) is 0 Å². The smallest absolute Gasteiger partial charge is 0.102 e. The molecule has 0 rings (SSSR count). The molecule has 0 aromatic rings. The highest BCUT2D eigenvalue weighted by Gasteiger charge is 2.24. The second kappa shape index (κ2) is 9.17. The van der Waals surface area contributed by atoms with Crippen LogP contribution in [0.1, 0.15) is 52.9 Å². The Kier molecular flexibility index (Phi) is 9.12. The zero-order valence-electron chi connectivity index (χ0n) is 11.0. The fourth-order valence-corrected chi connectivity index (χ4v) is 2.34. The van der Waals surface area contributed by atoms with Gasteiger partial charge in [0.1, 0.15) is 6.54 Å². The van der Waals surface area contributed by atoms with Crippen LogP contribution in [0.15, 0.2) is 0 Å². The lowest BCUT2D eigenvalue weighted by Crippen LogP contribution is -2.51. The van der Waals surface area contributed by atoms with E-state index in [2.05, 4.69) is 20.8 Å². The van der Waals surface area contributed by atoms with Gasteiger partial charge in [-0.3, -0.25) is 0 Å². The van der Waals surface area contributed by atoms with E-state index < -0.39 is 0 Å². The first-order valence-electron chi connectivity index (χ1n) is 6.70. The molecular formula is C13H30NO+. The van der Waals surface area contributed by atoms with Crippen LogP contribution >= 0.6 is 0 Å². The number of aliphatic hydroxyl groups is 1. The topological polar surface area (TPSA) is 20.2 Å². The molecule has 2 nitrogen and oxygen atoms in total. The summed E-state index contributed by atoms with van der Waals surface area (Å²) in [5.41, 5.74) is 0. The molecule has 0 aliphatic rings. The van der Waals surface area contributed by atoms with E-state index in [0.717, 1.165) is 11.0 Å². The summed E-state index contributed by atoms with van der Waals surface area (Å²) in [6, 6.07) is 0. The van der Waals surface area contributed by atoms with Gasteiger partial charge in [-0.05, 0) is 19.3 Å². The molecule has 0 unspecified atom stereocenters. The Hall–Kier alpha value is -0.0800. The van der Waals surface area contributed by atoms with E-state index in [4.69, 9.17) is 0 Å². The van der Waals surface area contributed by atoms with E-state index in [1.54, 1.807) is 0 Å². The van der Waals surface area contributed by atoms with E-state index >= 15 is 0 Å². The summed E-state index contributed by atoms with van der Waals surface area (Å²) in [4.78, 5) is 0. The van der Waals surface area contributed by atoms with Gasteiger partial charge in [-0.25, -0.2) is 0 Å². The number of hydrogen-bond donors (Lipinski definition) is 1. The van der Waals surface area contributed by atoms with Crippen molar-refractivity contribution in [3.05, 3.63) is 0 Å². The van der Waals surface area contributed by atoms with Crippen LogP contribution in [0.5, 0.6) is 0 Å². The average molecular weight is 216 g/mol. The molecule has 2 heteroatoms. The molecule has 0 bridgehead atoms. The second-order valence-corrected chi connectivity index (χ2v) is 4.67. The quantitative estimate of drug-likeness (QED) is 0.557. The van der Waals surface area contributed by atoms with E-state index in [-0.39, 0.29) is 0 Å². The number of rotatable bonds is 10. The highest BCUT2D eigenvalue weighted by Crippen LogP contribution is 2.13. The molecule has 15 heavy (non-hydrogen) atoms. The minimum absolute atomic E-state index is 0.341. The van der Waals surface area contributed by atoms with Gasteiger partial charge in [-0.1, -0.05) is 33.6 Å². The van der Waals surface area contributed by atoms with Gasteiger partial charge in [-0.2, -0.15) is 0 Å². The first kappa shape index (κ1) is 14.9. The van der Waals surface area contributed by atoms with Crippen molar-refractivity contribution in [1.82, 2.24) is 0 Å². The summed E-state index contributed by atoms with van der Waals surface area (Å²) >= 11 is 0. The van der Waals surface area contributed by atoms with Crippen molar-refractivity contribution in [2.75, 3.05) is 32.8 Å². The van der Waals surface area contributed by atoms with Gasteiger partial charge >= 0.3 is 0 Å². The number of quaternary nitrogens is 1. The largest absolute Gasteiger partial charge is 0.391 e. The van der Waals surface area contributed by atoms with Gasteiger partial charge in [0.2, 0.25) is 0 Å². The first-order valence-corrected chi connectivity index (χ1v) is 6.70. The summed E-state index contributed by atoms with van der Waals surface area (Å²) in [5, 5.41) is 9.21. The lowest BCUT2D eigenvalue weighted by molar-refractivity contribution is -0.929. The van der Waals surface area contributed by atoms with Crippen LogP contribution in [0.3, 0.4) is 0 Å². The van der Waals surface area contributed by atoms with Crippen molar-refractivity contribution in [3.63, 3.8) is 0 Å². The average Bonchev–Trinajstić information content (AvgIpc) is 2.24. The van der Waals surface area contributed by atoms with Gasteiger partial charge in [0.15, 0.2) is 0 Å². The van der Waals surface area contributed by atoms with Gasteiger partial charge in [0.05, 0.1) is 26.2 Å². The van der Waals surface area contributed by atoms with Crippen LogP contribution in [0.2, 0.25) is 0 Å². The maximum atomic E-state index is 9.21. The van der Waals surface area contributed by atoms with Crippen molar-refractivity contribution >= 4 is 0 Å². The molecule has 0 heterocycles. The van der Waals surface area contributed by atoms with E-state index in [1.807, 2.05) is 0 Å². The minimum Gasteiger partial charge on any atom is -0.391 e. The molecule has 0 atom stereocenters.